The van der Waals surface area contributed by atoms with Gasteiger partial charge in [-0.15, -0.1) is 0 Å². The first-order valence-corrected chi connectivity index (χ1v) is 9.38. The predicted octanol–water partition coefficient (Wildman–Crippen LogP) is 4.56. The van der Waals surface area contributed by atoms with Crippen LogP contribution in [0.4, 0.5) is 0 Å². The lowest BCUT2D eigenvalue weighted by Crippen LogP contribution is -2.22. The molecule has 3 aromatic carbocycles. The molecule has 1 aliphatic rings. The van der Waals surface area contributed by atoms with E-state index in [1.807, 2.05) is 36.5 Å². The van der Waals surface area contributed by atoms with Gasteiger partial charge in [0.05, 0.1) is 0 Å². The van der Waals surface area contributed by atoms with Gasteiger partial charge in [-0.2, -0.15) is 0 Å². The fourth-order valence-corrected chi connectivity index (χ4v) is 3.59. The summed E-state index contributed by atoms with van der Waals surface area (Å²) in [6.45, 7) is 0.595. The van der Waals surface area contributed by atoms with Crippen molar-refractivity contribution in [2.45, 2.75) is 6.54 Å². The predicted molar refractivity (Wildman–Crippen MR) is 111 cm³/mol. The lowest BCUT2D eigenvalue weighted by atomic mass is 9.96. The molecule has 5 rings (SSSR count). The van der Waals surface area contributed by atoms with E-state index >= 15 is 0 Å². The Balaban J connectivity index is 1.42. The zero-order chi connectivity index (χ0) is 19.6. The van der Waals surface area contributed by atoms with Crippen molar-refractivity contribution in [2.75, 3.05) is 6.79 Å². The number of hydrogen-bond acceptors (Lipinski definition) is 4. The van der Waals surface area contributed by atoms with Crippen molar-refractivity contribution >= 4 is 16.7 Å². The molecular formula is C24H18N2O3. The number of amides is 1. The molecule has 1 aliphatic heterocycles. The molecule has 5 heteroatoms. The number of nitrogens with zero attached hydrogens (tertiary/aromatic N) is 1. The van der Waals surface area contributed by atoms with Gasteiger partial charge in [0, 0.05) is 29.9 Å². The van der Waals surface area contributed by atoms with Gasteiger partial charge in [-0.3, -0.25) is 9.78 Å². The molecule has 0 radical (unpaired) electrons. The molecule has 0 aliphatic carbocycles. The Kier molecular flexibility index (Phi) is 4.33. The molecule has 29 heavy (non-hydrogen) atoms. The van der Waals surface area contributed by atoms with E-state index in [1.54, 1.807) is 24.4 Å². The molecule has 1 amide bonds. The highest BCUT2D eigenvalue weighted by Crippen LogP contribution is 2.33. The van der Waals surface area contributed by atoms with Crippen molar-refractivity contribution in [3.05, 3.63) is 90.3 Å². The minimum atomic E-state index is -0.160. The topological polar surface area (TPSA) is 60.5 Å². The zero-order valence-corrected chi connectivity index (χ0v) is 15.6. The molecule has 142 valence electrons. The Morgan fingerprint density at radius 1 is 0.931 bits per heavy atom. The second kappa shape index (κ2) is 7.28. The van der Waals surface area contributed by atoms with E-state index in [-0.39, 0.29) is 12.7 Å². The van der Waals surface area contributed by atoms with Crippen molar-refractivity contribution in [1.29, 1.82) is 0 Å². The largest absolute Gasteiger partial charge is 0.454 e. The summed E-state index contributed by atoms with van der Waals surface area (Å²) in [4.78, 5) is 16.9. The first-order chi connectivity index (χ1) is 14.3. The van der Waals surface area contributed by atoms with Gasteiger partial charge in [-0.1, -0.05) is 42.5 Å². The van der Waals surface area contributed by atoms with Crippen LogP contribution in [-0.4, -0.2) is 17.7 Å². The number of ether oxygens (including phenoxy) is 2. The highest BCUT2D eigenvalue weighted by Gasteiger charge is 2.16. The van der Waals surface area contributed by atoms with E-state index in [9.17, 15) is 4.79 Å². The van der Waals surface area contributed by atoms with Gasteiger partial charge in [-0.25, -0.2) is 0 Å². The lowest BCUT2D eigenvalue weighted by molar-refractivity contribution is 0.0950. The highest BCUT2D eigenvalue weighted by molar-refractivity contribution is 5.99. The van der Waals surface area contributed by atoms with E-state index in [1.165, 1.54) is 0 Å². The van der Waals surface area contributed by atoms with Crippen molar-refractivity contribution in [3.8, 4) is 22.6 Å². The minimum absolute atomic E-state index is 0.160. The van der Waals surface area contributed by atoms with Crippen LogP contribution in [0.2, 0.25) is 0 Å². The third-order valence-electron chi connectivity index (χ3n) is 5.07. The number of pyridine rings is 1. The minimum Gasteiger partial charge on any atom is -0.454 e. The normalized spacial score (nSPS) is 12.1. The number of fused-ring (bicyclic) bond motifs is 2. The summed E-state index contributed by atoms with van der Waals surface area (Å²) in [6, 6.07) is 21.6. The third kappa shape index (κ3) is 3.27. The number of hydrogen-bond donors (Lipinski definition) is 1. The molecular weight excluding hydrogens is 364 g/mol. The van der Waals surface area contributed by atoms with Gasteiger partial charge in [0.2, 0.25) is 6.79 Å². The fourth-order valence-electron chi connectivity index (χ4n) is 3.59. The Morgan fingerprint density at radius 2 is 1.79 bits per heavy atom. The van der Waals surface area contributed by atoms with E-state index in [2.05, 4.69) is 28.5 Å². The lowest BCUT2D eigenvalue weighted by Gasteiger charge is -2.12. The summed E-state index contributed by atoms with van der Waals surface area (Å²) in [5.74, 6) is 1.10. The van der Waals surface area contributed by atoms with Crippen LogP contribution in [0.15, 0.2) is 79.1 Å². The Bertz CT molecular complexity index is 1210. The molecule has 0 bridgehead atoms. The molecule has 0 fully saturated rings. The van der Waals surface area contributed by atoms with Gasteiger partial charge >= 0.3 is 0 Å². The Hall–Kier alpha value is -3.86. The number of carbonyl (C=O) groups excluding carboxylic acids is 1. The van der Waals surface area contributed by atoms with Crippen LogP contribution in [0.3, 0.4) is 0 Å². The summed E-state index contributed by atoms with van der Waals surface area (Å²) in [6.07, 6.45) is 3.65. The number of carbonyl (C=O) groups is 1. The fraction of sp³-hybridized carbons (Fsp3) is 0.0833. The first kappa shape index (κ1) is 17.3. The third-order valence-corrected chi connectivity index (χ3v) is 5.07. The molecule has 1 aromatic heterocycles. The van der Waals surface area contributed by atoms with Crippen molar-refractivity contribution in [3.63, 3.8) is 0 Å². The number of nitrogens with one attached hydrogen (secondary N) is 1. The van der Waals surface area contributed by atoms with Crippen LogP contribution in [0, 0.1) is 0 Å². The Labute approximate surface area is 167 Å². The second-order valence-electron chi connectivity index (χ2n) is 6.81. The van der Waals surface area contributed by atoms with Crippen LogP contribution in [0.25, 0.3) is 21.9 Å². The molecule has 0 atom stereocenters. The molecule has 1 N–H and O–H groups in total. The van der Waals surface area contributed by atoms with Gasteiger partial charge in [-0.05, 0) is 46.3 Å². The monoisotopic (exact) mass is 382 g/mol. The van der Waals surface area contributed by atoms with Crippen LogP contribution < -0.4 is 14.8 Å². The maximum absolute atomic E-state index is 12.6. The van der Waals surface area contributed by atoms with Crippen molar-refractivity contribution in [1.82, 2.24) is 10.3 Å². The molecule has 0 spiro atoms. The SMILES string of the molecule is O=C(NCc1ccc(-c2ccccc2)c2ccncc12)c1ccc2c(c1)OCO2. The highest BCUT2D eigenvalue weighted by atomic mass is 16.7. The van der Waals surface area contributed by atoms with Crippen molar-refractivity contribution < 1.29 is 14.3 Å². The number of benzene rings is 3. The van der Waals surface area contributed by atoms with Crippen LogP contribution in [0.1, 0.15) is 15.9 Å². The van der Waals surface area contributed by atoms with E-state index in [4.69, 9.17) is 9.47 Å². The van der Waals surface area contributed by atoms with Gasteiger partial charge < -0.3 is 14.8 Å². The van der Waals surface area contributed by atoms with Crippen LogP contribution in [-0.2, 0) is 6.54 Å². The maximum atomic E-state index is 12.6. The summed E-state index contributed by atoms with van der Waals surface area (Å²) in [5, 5.41) is 5.13. The van der Waals surface area contributed by atoms with Gasteiger partial charge in [0.1, 0.15) is 0 Å². The average molecular weight is 382 g/mol. The summed E-state index contributed by atoms with van der Waals surface area (Å²) < 4.78 is 10.7. The molecule has 2 heterocycles. The van der Waals surface area contributed by atoms with Crippen molar-refractivity contribution in [2.24, 2.45) is 0 Å². The first-order valence-electron chi connectivity index (χ1n) is 9.38. The Morgan fingerprint density at radius 3 is 2.69 bits per heavy atom. The van der Waals surface area contributed by atoms with Crippen LogP contribution in [0.5, 0.6) is 11.5 Å². The summed E-state index contributed by atoms with van der Waals surface area (Å²) in [7, 11) is 0. The standard InChI is InChI=1S/C24H18N2O3/c27-24(17-7-9-22-23(12-17)29-15-28-22)26-13-18-6-8-19(16-4-2-1-3-5-16)20-10-11-25-14-21(18)20/h1-12,14H,13,15H2,(H,26,27). The van der Waals surface area contributed by atoms with E-state index < -0.39 is 0 Å². The quantitative estimate of drug-likeness (QED) is 0.562. The summed E-state index contributed by atoms with van der Waals surface area (Å²) in [5.41, 5.74) is 3.85. The number of aromatic nitrogens is 1. The van der Waals surface area contributed by atoms with Gasteiger partial charge in [0.25, 0.3) is 5.91 Å². The second-order valence-corrected chi connectivity index (χ2v) is 6.81. The molecule has 0 saturated heterocycles. The van der Waals surface area contributed by atoms with E-state index in [0.29, 0.717) is 23.6 Å². The smallest absolute Gasteiger partial charge is 0.251 e. The molecule has 4 aromatic rings. The molecule has 5 nitrogen and oxygen atoms in total. The average Bonchev–Trinajstić information content (AvgIpc) is 3.26. The van der Waals surface area contributed by atoms with E-state index in [0.717, 1.165) is 27.5 Å². The zero-order valence-electron chi connectivity index (χ0n) is 15.6. The molecule has 0 unspecified atom stereocenters. The van der Waals surface area contributed by atoms with Gasteiger partial charge in [0.15, 0.2) is 11.5 Å². The summed E-state index contributed by atoms with van der Waals surface area (Å²) >= 11 is 0. The number of rotatable bonds is 4. The molecule has 0 saturated carbocycles. The maximum Gasteiger partial charge on any atom is 0.251 e. The van der Waals surface area contributed by atoms with Crippen LogP contribution >= 0.6 is 0 Å².